The van der Waals surface area contributed by atoms with Crippen LogP contribution in [0.3, 0.4) is 0 Å². The molecule has 0 aliphatic heterocycles. The van der Waals surface area contributed by atoms with Gasteiger partial charge in [-0.2, -0.15) is 0 Å². The van der Waals surface area contributed by atoms with Crippen molar-refractivity contribution >= 4 is 43.7 Å². The summed E-state index contributed by atoms with van der Waals surface area (Å²) in [7, 11) is 0. The minimum Gasteiger partial charge on any atom is -0.455 e. The van der Waals surface area contributed by atoms with Crippen LogP contribution in [0.15, 0.2) is 199 Å². The number of aromatic nitrogens is 4. The third kappa shape index (κ3) is 6.84. The highest BCUT2D eigenvalue weighted by atomic mass is 16.3. The first-order valence-corrected chi connectivity index (χ1v) is 22.5. The van der Waals surface area contributed by atoms with Gasteiger partial charge >= 0.3 is 0 Å². The SMILES string of the molecule is Cc1cc(C)cc(-c2ccc3c(c2)c2cc(-c4cc(C)cc(C)c4)ccc2n3-c2ccc(-c3cccc4c3oc3ccccc34)cc2-c2nc(-c3ccccc3)nc(-c3ccccc3)n2)c1. The predicted octanol–water partition coefficient (Wildman–Crippen LogP) is 16.1. The Bertz CT molecular complexity index is 3650. The van der Waals surface area contributed by atoms with E-state index in [0.717, 1.165) is 66.5 Å². The quantitative estimate of drug-likeness (QED) is 0.160. The predicted molar refractivity (Wildman–Crippen MR) is 273 cm³/mol. The number of hydrogen-bond donors (Lipinski definition) is 0. The van der Waals surface area contributed by atoms with Crippen molar-refractivity contribution in [3.05, 3.63) is 216 Å². The molecule has 0 saturated heterocycles. The molecular formula is C61H44N4O. The third-order valence-corrected chi connectivity index (χ3v) is 12.8. The topological polar surface area (TPSA) is 56.7 Å². The number of furan rings is 1. The molecule has 0 saturated carbocycles. The Hall–Kier alpha value is -8.41. The van der Waals surface area contributed by atoms with Crippen LogP contribution in [0, 0.1) is 27.7 Å². The molecule has 0 N–H and O–H groups in total. The second kappa shape index (κ2) is 15.7. The monoisotopic (exact) mass is 848 g/mol. The maximum atomic E-state index is 6.63. The van der Waals surface area contributed by atoms with Gasteiger partial charge < -0.3 is 8.98 Å². The van der Waals surface area contributed by atoms with Crippen LogP contribution in [0.5, 0.6) is 0 Å². The zero-order valence-corrected chi connectivity index (χ0v) is 37.2. The Morgan fingerprint density at radius 3 is 1.41 bits per heavy atom. The largest absolute Gasteiger partial charge is 0.455 e. The van der Waals surface area contributed by atoms with E-state index in [0.29, 0.717) is 17.5 Å². The van der Waals surface area contributed by atoms with Crippen molar-refractivity contribution in [3.8, 4) is 73.2 Å². The molecule has 0 aliphatic rings. The Morgan fingerprint density at radius 1 is 0.333 bits per heavy atom. The highest BCUT2D eigenvalue weighted by Crippen LogP contribution is 2.43. The van der Waals surface area contributed by atoms with Gasteiger partial charge in [0, 0.05) is 43.8 Å². The minimum atomic E-state index is 0.574. The Kier molecular flexibility index (Phi) is 9.32. The van der Waals surface area contributed by atoms with Gasteiger partial charge in [0.05, 0.1) is 16.7 Å². The minimum absolute atomic E-state index is 0.574. The van der Waals surface area contributed by atoms with Crippen molar-refractivity contribution in [2.75, 3.05) is 0 Å². The lowest BCUT2D eigenvalue weighted by Gasteiger charge is -2.17. The van der Waals surface area contributed by atoms with Gasteiger partial charge in [-0.15, -0.1) is 0 Å². The van der Waals surface area contributed by atoms with E-state index in [2.05, 4.69) is 178 Å². The van der Waals surface area contributed by atoms with Crippen LogP contribution >= 0.6 is 0 Å². The molecule has 0 atom stereocenters. The molecular weight excluding hydrogens is 805 g/mol. The summed E-state index contributed by atoms with van der Waals surface area (Å²) in [5.74, 6) is 1.78. The fourth-order valence-electron chi connectivity index (χ4n) is 9.91. The number of benzene rings is 9. The molecule has 0 spiro atoms. The molecule has 314 valence electrons. The lowest BCUT2D eigenvalue weighted by atomic mass is 9.97. The van der Waals surface area contributed by atoms with Crippen LogP contribution in [0.1, 0.15) is 22.3 Å². The van der Waals surface area contributed by atoms with Crippen LogP contribution in [-0.4, -0.2) is 19.5 Å². The van der Waals surface area contributed by atoms with Gasteiger partial charge in [-0.3, -0.25) is 0 Å². The van der Waals surface area contributed by atoms with Crippen LogP contribution in [-0.2, 0) is 0 Å². The maximum Gasteiger partial charge on any atom is 0.166 e. The molecule has 3 aromatic heterocycles. The summed E-state index contributed by atoms with van der Waals surface area (Å²) in [5.41, 5.74) is 19.3. The summed E-state index contributed by atoms with van der Waals surface area (Å²) in [4.78, 5) is 15.8. The van der Waals surface area contributed by atoms with Crippen molar-refractivity contribution in [1.82, 2.24) is 19.5 Å². The van der Waals surface area contributed by atoms with Gasteiger partial charge in [0.15, 0.2) is 17.5 Å². The van der Waals surface area contributed by atoms with E-state index in [-0.39, 0.29) is 0 Å². The van der Waals surface area contributed by atoms with Crippen LogP contribution < -0.4 is 0 Å². The molecule has 0 aliphatic carbocycles. The van der Waals surface area contributed by atoms with E-state index in [1.54, 1.807) is 0 Å². The first kappa shape index (κ1) is 39.2. The number of para-hydroxylation sites is 2. The molecule has 12 aromatic rings. The zero-order chi connectivity index (χ0) is 44.5. The van der Waals surface area contributed by atoms with Gasteiger partial charge in [-0.1, -0.05) is 174 Å². The number of rotatable bonds is 7. The molecule has 0 amide bonds. The van der Waals surface area contributed by atoms with E-state index in [4.69, 9.17) is 19.4 Å². The molecule has 9 aromatic carbocycles. The summed E-state index contributed by atoms with van der Waals surface area (Å²) in [6.07, 6.45) is 0. The second-order valence-corrected chi connectivity index (χ2v) is 17.6. The Morgan fingerprint density at radius 2 is 0.833 bits per heavy atom. The Labute approximate surface area is 383 Å². The van der Waals surface area contributed by atoms with Crippen LogP contribution in [0.2, 0.25) is 0 Å². The van der Waals surface area contributed by atoms with Crippen LogP contribution in [0.25, 0.3) is 117 Å². The van der Waals surface area contributed by atoms with E-state index in [9.17, 15) is 0 Å². The smallest absolute Gasteiger partial charge is 0.166 e. The number of aryl methyl sites for hydroxylation is 4. The van der Waals surface area contributed by atoms with Gasteiger partial charge in [0.25, 0.3) is 0 Å². The van der Waals surface area contributed by atoms with Crippen molar-refractivity contribution < 1.29 is 4.42 Å². The maximum absolute atomic E-state index is 6.63. The third-order valence-electron chi connectivity index (χ3n) is 12.8. The summed E-state index contributed by atoms with van der Waals surface area (Å²) >= 11 is 0. The molecule has 0 unspecified atom stereocenters. The molecule has 0 fully saturated rings. The summed E-state index contributed by atoms with van der Waals surface area (Å²) < 4.78 is 9.03. The molecule has 12 rings (SSSR count). The zero-order valence-electron chi connectivity index (χ0n) is 37.2. The fraction of sp³-hybridized carbons (Fsp3) is 0.0656. The summed E-state index contributed by atoms with van der Waals surface area (Å²) in [5, 5.41) is 4.50. The van der Waals surface area contributed by atoms with Crippen molar-refractivity contribution in [2.24, 2.45) is 0 Å². The number of fused-ring (bicyclic) bond motifs is 6. The highest BCUT2D eigenvalue weighted by molar-refractivity contribution is 6.13. The van der Waals surface area contributed by atoms with Gasteiger partial charge in [-0.25, -0.2) is 15.0 Å². The molecule has 3 heterocycles. The van der Waals surface area contributed by atoms with Crippen molar-refractivity contribution in [1.29, 1.82) is 0 Å². The van der Waals surface area contributed by atoms with E-state index >= 15 is 0 Å². The second-order valence-electron chi connectivity index (χ2n) is 17.6. The van der Waals surface area contributed by atoms with Gasteiger partial charge in [-0.05, 0) is 98.0 Å². The molecule has 66 heavy (non-hydrogen) atoms. The van der Waals surface area contributed by atoms with Gasteiger partial charge in [0.2, 0.25) is 0 Å². The van der Waals surface area contributed by atoms with E-state index < -0.39 is 0 Å². The van der Waals surface area contributed by atoms with Crippen molar-refractivity contribution in [3.63, 3.8) is 0 Å². The molecule has 5 nitrogen and oxygen atoms in total. The van der Waals surface area contributed by atoms with E-state index in [1.807, 2.05) is 48.5 Å². The standard InChI is InChI=1S/C61H44N4O/c1-37-28-38(2)31-46(30-37)43-22-25-54-51(34-43)52-35-44(47-32-39(3)29-40(4)33-47)23-26-55(52)65(54)56-27-24-45(48-19-13-20-50-49-18-11-12-21-57(49)66-58(48)50)36-53(56)61-63-59(41-14-7-5-8-15-41)62-60(64-61)42-16-9-6-10-17-42/h5-36H,1-4H3. The van der Waals surface area contributed by atoms with Crippen molar-refractivity contribution in [2.45, 2.75) is 27.7 Å². The summed E-state index contributed by atoms with van der Waals surface area (Å²) in [6, 6.07) is 69.1. The lowest BCUT2D eigenvalue weighted by Crippen LogP contribution is -2.04. The van der Waals surface area contributed by atoms with Crippen LogP contribution in [0.4, 0.5) is 0 Å². The Balaban J connectivity index is 1.16. The summed E-state index contributed by atoms with van der Waals surface area (Å²) in [6.45, 7) is 8.68. The fourth-order valence-corrected chi connectivity index (χ4v) is 9.91. The normalized spacial score (nSPS) is 11.6. The highest BCUT2D eigenvalue weighted by Gasteiger charge is 2.23. The lowest BCUT2D eigenvalue weighted by molar-refractivity contribution is 0.670. The number of hydrogen-bond acceptors (Lipinski definition) is 4. The molecule has 0 bridgehead atoms. The first-order chi connectivity index (χ1) is 32.3. The first-order valence-electron chi connectivity index (χ1n) is 22.5. The molecule has 0 radical (unpaired) electrons. The van der Waals surface area contributed by atoms with E-state index in [1.165, 1.54) is 55.3 Å². The average molecular weight is 849 g/mol. The molecule has 5 heteroatoms. The average Bonchev–Trinajstić information content (AvgIpc) is 3.89. The van der Waals surface area contributed by atoms with Gasteiger partial charge in [0.1, 0.15) is 11.2 Å². The number of nitrogens with zero attached hydrogens (tertiary/aromatic N) is 4.